The van der Waals surface area contributed by atoms with Crippen LogP contribution in [0, 0.1) is 0 Å². The molecule has 1 atom stereocenters. The molecule has 1 aromatic heterocycles. The maximum Gasteiger partial charge on any atom is 0.317 e. The molecule has 88 valence electrons. The number of hydrogen-bond acceptors (Lipinski definition) is 3. The van der Waals surface area contributed by atoms with Crippen molar-refractivity contribution in [2.24, 2.45) is 0 Å². The Labute approximate surface area is 100 Å². The molecule has 0 bridgehead atoms. The third-order valence-corrected chi connectivity index (χ3v) is 3.37. The van der Waals surface area contributed by atoms with Crippen LogP contribution < -0.4 is 0 Å². The van der Waals surface area contributed by atoms with Crippen molar-refractivity contribution in [3.63, 3.8) is 0 Å². The molecule has 3 nitrogen and oxygen atoms in total. The smallest absolute Gasteiger partial charge is 0.317 e. The van der Waals surface area contributed by atoms with E-state index in [1.54, 1.807) is 17.4 Å². The SMILES string of the molecule is C=CCN(CC(=O)O)C(CC)c1cccs1. The molecule has 4 heteroatoms. The summed E-state index contributed by atoms with van der Waals surface area (Å²) in [5, 5.41) is 10.9. The van der Waals surface area contributed by atoms with E-state index in [2.05, 4.69) is 19.6 Å². The van der Waals surface area contributed by atoms with Crippen molar-refractivity contribution < 1.29 is 9.90 Å². The molecule has 0 saturated heterocycles. The molecule has 0 fully saturated rings. The highest BCUT2D eigenvalue weighted by atomic mass is 32.1. The Hall–Kier alpha value is -1.13. The Kier molecular flexibility index (Phi) is 5.22. The van der Waals surface area contributed by atoms with Crippen LogP contribution in [0.1, 0.15) is 24.3 Å². The Morgan fingerprint density at radius 3 is 2.94 bits per heavy atom. The van der Waals surface area contributed by atoms with Gasteiger partial charge in [-0.25, -0.2) is 0 Å². The zero-order valence-corrected chi connectivity index (χ0v) is 10.2. The first-order chi connectivity index (χ1) is 7.69. The van der Waals surface area contributed by atoms with Crippen LogP contribution in [0.25, 0.3) is 0 Å². The van der Waals surface area contributed by atoms with Gasteiger partial charge in [0.25, 0.3) is 0 Å². The lowest BCUT2D eigenvalue weighted by Gasteiger charge is -2.27. The number of nitrogens with zero attached hydrogens (tertiary/aromatic N) is 1. The zero-order chi connectivity index (χ0) is 12.0. The monoisotopic (exact) mass is 239 g/mol. The average Bonchev–Trinajstić information content (AvgIpc) is 2.71. The van der Waals surface area contributed by atoms with Gasteiger partial charge >= 0.3 is 5.97 Å². The number of hydrogen-bond donors (Lipinski definition) is 1. The summed E-state index contributed by atoms with van der Waals surface area (Å²) in [6.07, 6.45) is 2.65. The van der Waals surface area contributed by atoms with E-state index in [0.717, 1.165) is 6.42 Å². The summed E-state index contributed by atoms with van der Waals surface area (Å²) in [4.78, 5) is 13.9. The standard InChI is InChI=1S/C12H17NO2S/c1-3-7-13(9-12(14)15)10(4-2)11-6-5-8-16-11/h3,5-6,8,10H,1,4,7,9H2,2H3,(H,14,15). The highest BCUT2D eigenvalue weighted by molar-refractivity contribution is 7.10. The molecule has 0 aliphatic rings. The second-order valence-electron chi connectivity index (χ2n) is 3.55. The molecule has 0 spiro atoms. The van der Waals surface area contributed by atoms with E-state index in [1.165, 1.54) is 4.88 Å². The summed E-state index contributed by atoms with van der Waals surface area (Å²) in [6.45, 7) is 6.40. The van der Waals surface area contributed by atoms with Crippen LogP contribution in [-0.2, 0) is 4.79 Å². The minimum absolute atomic E-state index is 0.0580. The lowest BCUT2D eigenvalue weighted by molar-refractivity contribution is -0.138. The number of carbonyl (C=O) groups is 1. The Morgan fingerprint density at radius 1 is 1.75 bits per heavy atom. The molecule has 0 aliphatic heterocycles. The quantitative estimate of drug-likeness (QED) is 0.744. The van der Waals surface area contributed by atoms with Gasteiger partial charge < -0.3 is 5.11 Å². The second kappa shape index (κ2) is 6.45. The van der Waals surface area contributed by atoms with Gasteiger partial charge in [-0.1, -0.05) is 19.1 Å². The van der Waals surface area contributed by atoms with Crippen LogP contribution in [0.15, 0.2) is 30.2 Å². The molecule has 0 radical (unpaired) electrons. The first-order valence-electron chi connectivity index (χ1n) is 5.29. The van der Waals surface area contributed by atoms with Gasteiger partial charge in [0, 0.05) is 17.5 Å². The molecule has 1 N–H and O–H groups in total. The fourth-order valence-electron chi connectivity index (χ4n) is 1.76. The number of aliphatic carboxylic acids is 1. The molecule has 0 amide bonds. The average molecular weight is 239 g/mol. The molecule has 0 aromatic carbocycles. The van der Waals surface area contributed by atoms with Crippen molar-refractivity contribution >= 4 is 17.3 Å². The number of rotatable bonds is 7. The van der Waals surface area contributed by atoms with E-state index >= 15 is 0 Å². The van der Waals surface area contributed by atoms with Gasteiger partial charge in [-0.15, -0.1) is 17.9 Å². The fourth-order valence-corrected chi connectivity index (χ4v) is 2.71. The van der Waals surface area contributed by atoms with Crippen LogP contribution in [0.3, 0.4) is 0 Å². The zero-order valence-electron chi connectivity index (χ0n) is 9.43. The topological polar surface area (TPSA) is 40.5 Å². The molecule has 1 heterocycles. The number of thiophene rings is 1. The van der Waals surface area contributed by atoms with Crippen LogP contribution in [0.2, 0.25) is 0 Å². The minimum Gasteiger partial charge on any atom is -0.480 e. The lowest BCUT2D eigenvalue weighted by atomic mass is 10.1. The molecule has 0 aliphatic carbocycles. The lowest BCUT2D eigenvalue weighted by Crippen LogP contribution is -2.33. The van der Waals surface area contributed by atoms with Crippen molar-refractivity contribution in [2.45, 2.75) is 19.4 Å². The van der Waals surface area contributed by atoms with Gasteiger partial charge in [0.1, 0.15) is 0 Å². The largest absolute Gasteiger partial charge is 0.480 e. The van der Waals surface area contributed by atoms with Crippen molar-refractivity contribution in [3.05, 3.63) is 35.0 Å². The summed E-state index contributed by atoms with van der Waals surface area (Å²) in [7, 11) is 0. The minimum atomic E-state index is -0.795. The van der Waals surface area contributed by atoms with Crippen LogP contribution >= 0.6 is 11.3 Å². The first-order valence-corrected chi connectivity index (χ1v) is 6.17. The van der Waals surface area contributed by atoms with Crippen molar-refractivity contribution in [1.82, 2.24) is 4.90 Å². The van der Waals surface area contributed by atoms with Gasteiger partial charge in [0.05, 0.1) is 6.54 Å². The molecule has 0 saturated carbocycles. The third kappa shape index (κ3) is 3.47. The van der Waals surface area contributed by atoms with Gasteiger partial charge in [0.2, 0.25) is 0 Å². The van der Waals surface area contributed by atoms with E-state index in [-0.39, 0.29) is 12.6 Å². The van der Waals surface area contributed by atoms with Crippen LogP contribution in [-0.4, -0.2) is 29.1 Å². The Bertz CT molecular complexity index is 335. The third-order valence-electron chi connectivity index (χ3n) is 2.40. The van der Waals surface area contributed by atoms with Crippen molar-refractivity contribution in [1.29, 1.82) is 0 Å². The molecule has 1 rings (SSSR count). The highest BCUT2D eigenvalue weighted by Crippen LogP contribution is 2.27. The van der Waals surface area contributed by atoms with Crippen molar-refractivity contribution in [2.75, 3.05) is 13.1 Å². The second-order valence-corrected chi connectivity index (χ2v) is 4.53. The molecular weight excluding hydrogens is 222 g/mol. The van der Waals surface area contributed by atoms with Gasteiger partial charge in [-0.3, -0.25) is 9.69 Å². The highest BCUT2D eigenvalue weighted by Gasteiger charge is 2.20. The summed E-state index contributed by atoms with van der Waals surface area (Å²) in [5.74, 6) is -0.795. The number of carboxylic acids is 1. The molecule has 16 heavy (non-hydrogen) atoms. The van der Waals surface area contributed by atoms with Crippen molar-refractivity contribution in [3.8, 4) is 0 Å². The van der Waals surface area contributed by atoms with Crippen LogP contribution in [0.5, 0.6) is 0 Å². The summed E-state index contributed by atoms with van der Waals surface area (Å²) >= 11 is 1.67. The van der Waals surface area contributed by atoms with E-state index in [4.69, 9.17) is 5.11 Å². The maximum atomic E-state index is 10.8. The van der Waals surface area contributed by atoms with E-state index < -0.39 is 5.97 Å². The molecule has 1 aromatic rings. The number of carboxylic acid groups (broad SMARTS) is 1. The Morgan fingerprint density at radius 2 is 2.50 bits per heavy atom. The summed E-state index contributed by atoms with van der Waals surface area (Å²) in [5.41, 5.74) is 0. The van der Waals surface area contributed by atoms with E-state index in [0.29, 0.717) is 6.54 Å². The predicted octanol–water partition coefficient (Wildman–Crippen LogP) is 2.77. The molecule has 1 unspecified atom stereocenters. The Balaban J connectivity index is 2.80. The van der Waals surface area contributed by atoms with Gasteiger partial charge in [0.15, 0.2) is 0 Å². The van der Waals surface area contributed by atoms with Gasteiger partial charge in [-0.2, -0.15) is 0 Å². The summed E-state index contributed by atoms with van der Waals surface area (Å²) < 4.78 is 0. The maximum absolute atomic E-state index is 10.8. The molecular formula is C12H17NO2S. The first kappa shape index (κ1) is 12.9. The van der Waals surface area contributed by atoms with E-state index in [9.17, 15) is 4.79 Å². The predicted molar refractivity (Wildman–Crippen MR) is 66.8 cm³/mol. The van der Waals surface area contributed by atoms with E-state index in [1.807, 2.05) is 16.3 Å². The van der Waals surface area contributed by atoms with Crippen LogP contribution in [0.4, 0.5) is 0 Å². The summed E-state index contributed by atoms with van der Waals surface area (Å²) in [6, 6.07) is 4.22. The normalized spacial score (nSPS) is 12.6. The fraction of sp³-hybridized carbons (Fsp3) is 0.417. The van der Waals surface area contributed by atoms with Gasteiger partial charge in [-0.05, 0) is 17.9 Å².